The van der Waals surface area contributed by atoms with Crippen molar-refractivity contribution in [2.24, 2.45) is 0 Å². The highest BCUT2D eigenvalue weighted by Crippen LogP contribution is 2.36. The second-order valence-electron chi connectivity index (χ2n) is 4.60. The lowest BCUT2D eigenvalue weighted by Crippen LogP contribution is -2.14. The van der Waals surface area contributed by atoms with Crippen LogP contribution >= 0.6 is 0 Å². The Morgan fingerprint density at radius 1 is 1.26 bits per heavy atom. The molecule has 0 aromatic carbocycles. The van der Waals surface area contributed by atoms with Crippen molar-refractivity contribution in [1.82, 2.24) is 9.97 Å². The Balaban J connectivity index is 2.55. The number of aromatic carboxylic acids is 1. The number of nitrogens with zero attached hydrogens (tertiary/aromatic N) is 2. The number of carbonyl (C=O) groups is 1. The Bertz CT molecular complexity index is 775. The highest BCUT2D eigenvalue weighted by Gasteiger charge is 2.36. The van der Waals surface area contributed by atoms with Gasteiger partial charge in [-0.05, 0) is 31.5 Å². The van der Waals surface area contributed by atoms with Crippen LogP contribution in [0, 0.1) is 19.8 Å². The van der Waals surface area contributed by atoms with Crippen LogP contribution in [0.15, 0.2) is 18.3 Å². The third-order valence-electron chi connectivity index (χ3n) is 3.03. The highest BCUT2D eigenvalue weighted by atomic mass is 19.4. The first kappa shape index (κ1) is 16.7. The predicted octanol–water partition coefficient (Wildman–Crippen LogP) is 3.74. The van der Waals surface area contributed by atoms with Crippen molar-refractivity contribution in [3.63, 3.8) is 0 Å². The molecule has 2 aromatic heterocycles. The fraction of sp³-hybridized carbons (Fsp3) is 0.214. The number of alkyl halides is 3. The van der Waals surface area contributed by atoms with Crippen LogP contribution in [0.1, 0.15) is 27.2 Å². The van der Waals surface area contributed by atoms with Crippen LogP contribution in [0.25, 0.3) is 0 Å². The number of pyridine rings is 2. The van der Waals surface area contributed by atoms with Gasteiger partial charge < -0.3 is 9.84 Å². The topological polar surface area (TPSA) is 72.3 Å². The number of hydrogen-bond acceptors (Lipinski definition) is 4. The maximum Gasteiger partial charge on any atom is 0.418 e. The van der Waals surface area contributed by atoms with E-state index in [9.17, 15) is 22.4 Å². The normalized spacial score (nSPS) is 11.4. The molecule has 0 amide bonds. The summed E-state index contributed by atoms with van der Waals surface area (Å²) in [6.45, 7) is 2.41. The van der Waals surface area contributed by atoms with Gasteiger partial charge >= 0.3 is 12.1 Å². The van der Waals surface area contributed by atoms with E-state index >= 15 is 0 Å². The summed E-state index contributed by atoms with van der Waals surface area (Å²) in [6.07, 6.45) is -4.25. The average Bonchev–Trinajstić information content (AvgIpc) is 2.40. The van der Waals surface area contributed by atoms with E-state index in [2.05, 4.69) is 9.97 Å². The Morgan fingerprint density at radius 3 is 2.43 bits per heavy atom. The largest absolute Gasteiger partial charge is 0.477 e. The number of aromatic nitrogens is 2. The molecule has 0 aliphatic carbocycles. The summed E-state index contributed by atoms with van der Waals surface area (Å²) in [4.78, 5) is 18.2. The van der Waals surface area contributed by atoms with E-state index in [1.807, 2.05) is 0 Å². The molecule has 0 aliphatic rings. The molecule has 122 valence electrons. The summed E-state index contributed by atoms with van der Waals surface area (Å²) in [5, 5.41) is 9.17. The molecular weight excluding hydrogens is 320 g/mol. The first-order valence-electron chi connectivity index (χ1n) is 6.22. The SMILES string of the molecule is Cc1nc(F)ccc1Oc1ncc(C(F)(F)F)c(C)c1C(=O)O. The molecule has 2 aromatic rings. The maximum absolute atomic E-state index is 12.9. The molecule has 0 aliphatic heterocycles. The van der Waals surface area contributed by atoms with E-state index < -0.39 is 40.7 Å². The van der Waals surface area contributed by atoms with Gasteiger partial charge in [0.1, 0.15) is 5.56 Å². The third kappa shape index (κ3) is 3.38. The van der Waals surface area contributed by atoms with Crippen LogP contribution < -0.4 is 4.74 Å². The summed E-state index contributed by atoms with van der Waals surface area (Å²) in [6, 6.07) is 2.15. The van der Waals surface area contributed by atoms with Gasteiger partial charge in [-0.1, -0.05) is 0 Å². The Labute approximate surface area is 127 Å². The first-order chi connectivity index (χ1) is 10.6. The van der Waals surface area contributed by atoms with Crippen LogP contribution in [0.2, 0.25) is 0 Å². The van der Waals surface area contributed by atoms with Crippen molar-refractivity contribution in [2.45, 2.75) is 20.0 Å². The standard InChI is InChI=1S/C14H10F4N2O3/c1-6-8(14(16,17)18)5-19-12(11(6)13(21)22)23-9-3-4-10(15)20-7(9)2/h3-5H,1-2H3,(H,21,22). The highest BCUT2D eigenvalue weighted by molar-refractivity contribution is 5.92. The number of carboxylic acids is 1. The lowest BCUT2D eigenvalue weighted by Gasteiger charge is -2.15. The van der Waals surface area contributed by atoms with E-state index in [-0.39, 0.29) is 11.4 Å². The molecule has 1 N–H and O–H groups in total. The van der Waals surface area contributed by atoms with Crippen molar-refractivity contribution < 1.29 is 32.2 Å². The van der Waals surface area contributed by atoms with E-state index in [0.29, 0.717) is 6.20 Å². The van der Waals surface area contributed by atoms with Gasteiger partial charge in [0.15, 0.2) is 5.75 Å². The summed E-state index contributed by atoms with van der Waals surface area (Å²) in [5.41, 5.74) is -2.32. The van der Waals surface area contributed by atoms with E-state index in [1.165, 1.54) is 13.0 Å². The molecule has 2 rings (SSSR count). The fourth-order valence-corrected chi connectivity index (χ4v) is 1.92. The number of aryl methyl sites for hydroxylation is 1. The molecule has 0 spiro atoms. The number of carboxylic acid groups (broad SMARTS) is 1. The molecule has 23 heavy (non-hydrogen) atoms. The lowest BCUT2D eigenvalue weighted by molar-refractivity contribution is -0.138. The molecule has 0 radical (unpaired) electrons. The molecule has 0 bridgehead atoms. The molecule has 0 atom stereocenters. The minimum Gasteiger partial charge on any atom is -0.477 e. The Kier molecular flexibility index (Phi) is 4.22. The monoisotopic (exact) mass is 330 g/mol. The van der Waals surface area contributed by atoms with Gasteiger partial charge in [0.2, 0.25) is 11.8 Å². The molecule has 0 saturated heterocycles. The number of ether oxygens (including phenoxy) is 1. The van der Waals surface area contributed by atoms with Gasteiger partial charge in [0.25, 0.3) is 0 Å². The van der Waals surface area contributed by atoms with E-state index in [4.69, 9.17) is 9.84 Å². The fourth-order valence-electron chi connectivity index (χ4n) is 1.92. The van der Waals surface area contributed by atoms with E-state index in [0.717, 1.165) is 13.0 Å². The maximum atomic E-state index is 12.9. The second kappa shape index (κ2) is 5.82. The Hall–Kier alpha value is -2.71. The summed E-state index contributed by atoms with van der Waals surface area (Å²) >= 11 is 0. The van der Waals surface area contributed by atoms with Gasteiger partial charge in [-0.15, -0.1) is 0 Å². The first-order valence-corrected chi connectivity index (χ1v) is 6.22. The van der Waals surface area contributed by atoms with Crippen LogP contribution in [0.4, 0.5) is 17.6 Å². The predicted molar refractivity (Wildman–Crippen MR) is 69.9 cm³/mol. The molecular formula is C14H10F4N2O3. The molecule has 2 heterocycles. The van der Waals surface area contributed by atoms with Crippen LogP contribution in [-0.2, 0) is 6.18 Å². The van der Waals surface area contributed by atoms with Crippen molar-refractivity contribution in [2.75, 3.05) is 0 Å². The molecule has 0 fully saturated rings. The quantitative estimate of drug-likeness (QED) is 0.685. The van der Waals surface area contributed by atoms with Gasteiger partial charge in [-0.2, -0.15) is 17.6 Å². The smallest absolute Gasteiger partial charge is 0.418 e. The zero-order chi connectivity index (χ0) is 17.4. The van der Waals surface area contributed by atoms with Gasteiger partial charge in [0.05, 0.1) is 11.3 Å². The molecule has 9 heteroatoms. The number of rotatable bonds is 3. The second-order valence-corrected chi connectivity index (χ2v) is 4.60. The van der Waals surface area contributed by atoms with Crippen LogP contribution in [0.3, 0.4) is 0 Å². The van der Waals surface area contributed by atoms with Crippen molar-refractivity contribution in [3.8, 4) is 11.6 Å². The molecule has 0 unspecified atom stereocenters. The van der Waals surface area contributed by atoms with Gasteiger partial charge in [-0.3, -0.25) is 0 Å². The zero-order valence-corrected chi connectivity index (χ0v) is 11.9. The summed E-state index contributed by atoms with van der Waals surface area (Å²) in [5.74, 6) is -2.94. The van der Waals surface area contributed by atoms with Gasteiger partial charge in [-0.25, -0.2) is 14.8 Å². The molecule has 5 nitrogen and oxygen atoms in total. The Morgan fingerprint density at radius 2 is 1.91 bits per heavy atom. The van der Waals surface area contributed by atoms with Gasteiger partial charge in [0, 0.05) is 6.20 Å². The van der Waals surface area contributed by atoms with Crippen molar-refractivity contribution in [1.29, 1.82) is 0 Å². The van der Waals surface area contributed by atoms with Crippen molar-refractivity contribution in [3.05, 3.63) is 46.7 Å². The van der Waals surface area contributed by atoms with E-state index in [1.54, 1.807) is 0 Å². The van der Waals surface area contributed by atoms with Crippen LogP contribution in [-0.4, -0.2) is 21.0 Å². The van der Waals surface area contributed by atoms with Crippen molar-refractivity contribution >= 4 is 5.97 Å². The third-order valence-corrected chi connectivity index (χ3v) is 3.03. The number of hydrogen-bond donors (Lipinski definition) is 1. The summed E-state index contributed by atoms with van der Waals surface area (Å²) < 4.78 is 56.7. The minimum atomic E-state index is -4.74. The average molecular weight is 330 g/mol. The number of halogens is 4. The summed E-state index contributed by atoms with van der Waals surface area (Å²) in [7, 11) is 0. The zero-order valence-electron chi connectivity index (χ0n) is 11.9. The molecule has 0 saturated carbocycles. The lowest BCUT2D eigenvalue weighted by atomic mass is 10.1. The minimum absolute atomic E-state index is 0.0134. The van der Waals surface area contributed by atoms with Crippen LogP contribution in [0.5, 0.6) is 11.6 Å².